The van der Waals surface area contributed by atoms with E-state index in [-0.39, 0.29) is 11.3 Å². The van der Waals surface area contributed by atoms with Gasteiger partial charge in [0.05, 0.1) is 23.1 Å². The minimum absolute atomic E-state index is 0.123. The van der Waals surface area contributed by atoms with Crippen LogP contribution < -0.4 is 0 Å². The van der Waals surface area contributed by atoms with Gasteiger partial charge in [0.25, 0.3) is 0 Å². The van der Waals surface area contributed by atoms with Crippen LogP contribution in [0.15, 0.2) is 6.20 Å². The van der Waals surface area contributed by atoms with Gasteiger partial charge in [-0.3, -0.25) is 9.48 Å². The molecule has 0 spiro atoms. The van der Waals surface area contributed by atoms with Crippen LogP contribution in [-0.4, -0.2) is 26.3 Å². The van der Waals surface area contributed by atoms with E-state index in [4.69, 9.17) is 0 Å². The molecular weight excluding hydrogens is 434 g/mol. The molecule has 0 aliphatic heterocycles. The second-order valence-corrected chi connectivity index (χ2v) is 14.1. The van der Waals surface area contributed by atoms with Gasteiger partial charge in [0.1, 0.15) is 12.6 Å². The van der Waals surface area contributed by atoms with E-state index in [9.17, 15) is 15.2 Å². The molecule has 1 aromatic rings. The van der Waals surface area contributed by atoms with E-state index in [1.807, 2.05) is 11.6 Å². The summed E-state index contributed by atoms with van der Waals surface area (Å²) in [6, 6.07) is 2.31. The smallest absolute Gasteiger partial charge is 0.158 e. The summed E-state index contributed by atoms with van der Waals surface area (Å²) >= 11 is 0. The van der Waals surface area contributed by atoms with Crippen molar-refractivity contribution in [3.8, 4) is 6.07 Å². The maximum atomic E-state index is 14.0. The first-order chi connectivity index (χ1) is 16.7. The maximum Gasteiger partial charge on any atom is 0.158 e. The van der Waals surface area contributed by atoms with Crippen molar-refractivity contribution in [3.63, 3.8) is 0 Å². The number of Topliss-reactive ketones (excluding diaryl/α,β-unsaturated/α-hetero) is 1. The lowest BCUT2D eigenvalue weighted by Gasteiger charge is -2.58. The van der Waals surface area contributed by atoms with Crippen molar-refractivity contribution in [2.45, 2.75) is 96.6 Å². The highest BCUT2D eigenvalue weighted by Gasteiger charge is 2.74. The van der Waals surface area contributed by atoms with Crippen molar-refractivity contribution in [2.75, 3.05) is 0 Å². The number of rotatable bonds is 4. The standard InChI is InChI=1S/C30H41N3O2/c1-16-24-25(16)27(23(34)15-33-28(17-4-5-17)19(13-31)14-32-33)30(3)11-9-21-20-8-10-29(2,35)12-18(20)6-7-22(21)26(24)30/h14,16-18,20-22,24-27,35H,4-12,15H2,1-3H3/t16-,18+,20-,21+,22+,24+,25-,26+,27-,29+,30-/m0/s1. The Hall–Kier alpha value is -1.67. The molecule has 188 valence electrons. The number of fused-ring (bicyclic) bond motifs is 7. The molecule has 5 nitrogen and oxygen atoms in total. The van der Waals surface area contributed by atoms with Gasteiger partial charge in [-0.15, -0.1) is 0 Å². The van der Waals surface area contributed by atoms with Crippen LogP contribution in [-0.2, 0) is 11.3 Å². The first kappa shape index (κ1) is 22.5. The number of ketones is 1. The third kappa shape index (κ3) is 3.20. The molecule has 0 saturated heterocycles. The van der Waals surface area contributed by atoms with Gasteiger partial charge < -0.3 is 5.11 Å². The normalized spacial score (nSPS) is 49.9. The summed E-state index contributed by atoms with van der Waals surface area (Å²) < 4.78 is 1.89. The number of carbonyl (C=O) groups is 1. The lowest BCUT2D eigenvalue weighted by molar-refractivity contribution is -0.137. The summed E-state index contributed by atoms with van der Waals surface area (Å²) in [5, 5.41) is 24.8. The molecule has 35 heavy (non-hydrogen) atoms. The fraction of sp³-hybridized carbons (Fsp3) is 0.833. The maximum absolute atomic E-state index is 14.0. The highest BCUT2D eigenvalue weighted by molar-refractivity contribution is 5.83. The molecule has 1 N–H and O–H groups in total. The Balaban J connectivity index is 1.15. The third-order valence-corrected chi connectivity index (χ3v) is 12.2. The fourth-order valence-electron chi connectivity index (χ4n) is 10.7. The second kappa shape index (κ2) is 7.44. The zero-order chi connectivity index (χ0) is 24.3. The Bertz CT molecular complexity index is 1100. The zero-order valence-electron chi connectivity index (χ0n) is 21.6. The van der Waals surface area contributed by atoms with E-state index in [0.29, 0.717) is 47.5 Å². The Morgan fingerprint density at radius 3 is 2.63 bits per heavy atom. The highest BCUT2D eigenvalue weighted by Crippen LogP contribution is 2.77. The minimum atomic E-state index is -0.463. The Kier molecular flexibility index (Phi) is 4.78. The van der Waals surface area contributed by atoms with Gasteiger partial charge in [0.2, 0.25) is 0 Å². The summed E-state index contributed by atoms with van der Waals surface area (Å²) in [7, 11) is 0. The van der Waals surface area contributed by atoms with Gasteiger partial charge in [-0.1, -0.05) is 13.8 Å². The summed E-state index contributed by atoms with van der Waals surface area (Å²) in [6.07, 6.45) is 12.1. The van der Waals surface area contributed by atoms with Crippen molar-refractivity contribution in [1.29, 1.82) is 5.26 Å². The van der Waals surface area contributed by atoms with Gasteiger partial charge in [-0.2, -0.15) is 10.4 Å². The number of nitrogens with zero attached hydrogens (tertiary/aromatic N) is 3. The fourth-order valence-corrected chi connectivity index (χ4v) is 10.7. The minimum Gasteiger partial charge on any atom is -0.390 e. The molecule has 0 unspecified atom stereocenters. The predicted molar refractivity (Wildman–Crippen MR) is 132 cm³/mol. The molecule has 5 heteroatoms. The molecule has 0 radical (unpaired) electrons. The van der Waals surface area contributed by atoms with E-state index in [1.54, 1.807) is 6.20 Å². The number of hydrogen-bond acceptors (Lipinski definition) is 4. The van der Waals surface area contributed by atoms with Crippen molar-refractivity contribution in [1.82, 2.24) is 9.78 Å². The Morgan fingerprint density at radius 1 is 1.11 bits per heavy atom. The Morgan fingerprint density at radius 2 is 1.89 bits per heavy atom. The SMILES string of the molecule is C[C@H]1[C@@H]2[C@H]1[C@H](C(=O)Cn1ncc(C#N)c1C1CC1)[C@@]1(C)CC[C@H]3[C@@H](CC[C@@H]4C[C@](C)(O)CC[C@@H]43)[C@H]21. The molecule has 0 bridgehead atoms. The molecule has 0 aromatic carbocycles. The summed E-state index contributed by atoms with van der Waals surface area (Å²) in [6.45, 7) is 7.27. The van der Waals surface area contributed by atoms with Gasteiger partial charge >= 0.3 is 0 Å². The first-order valence-electron chi connectivity index (χ1n) is 14.4. The number of aromatic nitrogens is 2. The monoisotopic (exact) mass is 475 g/mol. The molecule has 6 saturated carbocycles. The number of carbonyl (C=O) groups excluding carboxylic acids is 1. The third-order valence-electron chi connectivity index (χ3n) is 12.2. The van der Waals surface area contributed by atoms with Gasteiger partial charge in [-0.05, 0) is 117 Å². The van der Waals surface area contributed by atoms with E-state index in [1.165, 1.54) is 32.1 Å². The largest absolute Gasteiger partial charge is 0.390 e. The predicted octanol–water partition coefficient (Wildman–Crippen LogP) is 5.32. The lowest BCUT2D eigenvalue weighted by atomic mass is 9.47. The van der Waals surface area contributed by atoms with Crippen LogP contribution in [0.4, 0.5) is 0 Å². The molecule has 0 amide bonds. The molecule has 6 aliphatic carbocycles. The molecule has 7 rings (SSSR count). The average Bonchev–Trinajstić information content (AvgIpc) is 3.69. The van der Waals surface area contributed by atoms with Crippen LogP contribution in [0, 0.1) is 70.0 Å². The van der Waals surface area contributed by atoms with Crippen molar-refractivity contribution in [3.05, 3.63) is 17.5 Å². The summed E-state index contributed by atoms with van der Waals surface area (Å²) in [5.41, 5.74) is 1.33. The Labute approximate surface area is 209 Å². The highest BCUT2D eigenvalue weighted by atomic mass is 16.3. The van der Waals surface area contributed by atoms with Crippen LogP contribution in [0.1, 0.15) is 95.7 Å². The van der Waals surface area contributed by atoms with Gasteiger partial charge in [-0.25, -0.2) is 0 Å². The van der Waals surface area contributed by atoms with Crippen molar-refractivity contribution in [2.24, 2.45) is 58.7 Å². The van der Waals surface area contributed by atoms with E-state index < -0.39 is 5.60 Å². The van der Waals surface area contributed by atoms with Crippen LogP contribution in [0.5, 0.6) is 0 Å². The van der Waals surface area contributed by atoms with Gasteiger partial charge in [0.15, 0.2) is 5.78 Å². The number of hydrogen-bond donors (Lipinski definition) is 1. The van der Waals surface area contributed by atoms with Crippen LogP contribution in [0.2, 0.25) is 0 Å². The average molecular weight is 476 g/mol. The summed E-state index contributed by atoms with van der Waals surface area (Å²) in [5.74, 6) is 6.64. The van der Waals surface area contributed by atoms with Gasteiger partial charge in [0, 0.05) is 11.8 Å². The van der Waals surface area contributed by atoms with Crippen LogP contribution >= 0.6 is 0 Å². The molecule has 6 fully saturated rings. The number of aliphatic hydroxyl groups is 1. The molecule has 1 aromatic heterocycles. The molecule has 11 atom stereocenters. The summed E-state index contributed by atoms with van der Waals surface area (Å²) in [4.78, 5) is 14.0. The second-order valence-electron chi connectivity index (χ2n) is 14.1. The van der Waals surface area contributed by atoms with Crippen LogP contribution in [0.25, 0.3) is 0 Å². The van der Waals surface area contributed by atoms with Crippen molar-refractivity contribution >= 4 is 5.78 Å². The topological polar surface area (TPSA) is 78.9 Å². The molecule has 6 aliphatic rings. The van der Waals surface area contributed by atoms with Crippen LogP contribution in [0.3, 0.4) is 0 Å². The zero-order valence-corrected chi connectivity index (χ0v) is 21.6. The molecule has 1 heterocycles. The van der Waals surface area contributed by atoms with Crippen molar-refractivity contribution < 1.29 is 9.90 Å². The molecular formula is C30H41N3O2. The lowest BCUT2D eigenvalue weighted by Crippen LogP contribution is -2.52. The van der Waals surface area contributed by atoms with E-state index >= 15 is 0 Å². The first-order valence-corrected chi connectivity index (χ1v) is 14.4. The van der Waals surface area contributed by atoms with E-state index in [2.05, 4.69) is 25.0 Å². The quantitative estimate of drug-likeness (QED) is 0.639. The van der Waals surface area contributed by atoms with E-state index in [0.717, 1.165) is 55.0 Å². The number of nitriles is 1.